The fourth-order valence-electron chi connectivity index (χ4n) is 3.72. The number of para-hydroxylation sites is 1. The highest BCUT2D eigenvalue weighted by atomic mass is 32.1. The van der Waals surface area contributed by atoms with Crippen LogP contribution in [0.25, 0.3) is 21.0 Å². The molecule has 0 saturated heterocycles. The molecule has 0 atom stereocenters. The molecule has 5 rings (SSSR count). The van der Waals surface area contributed by atoms with Crippen molar-refractivity contribution in [1.82, 2.24) is 4.57 Å². The van der Waals surface area contributed by atoms with Crippen LogP contribution < -0.4 is 9.54 Å². The maximum absolute atomic E-state index is 13.0. The Labute approximate surface area is 195 Å². The van der Waals surface area contributed by atoms with E-state index in [4.69, 9.17) is 9.47 Å². The van der Waals surface area contributed by atoms with Gasteiger partial charge in [0, 0.05) is 24.6 Å². The molecule has 6 heteroatoms. The molecular formula is C27H22N2O3S. The first kappa shape index (κ1) is 21.1. The van der Waals surface area contributed by atoms with E-state index in [1.165, 1.54) is 11.3 Å². The SMILES string of the molecule is COCCn1c(=NC(=O)c2ccc(Oc3ccccc3)cc2)sc2c3ccccc3ccc21. The first-order valence-corrected chi connectivity index (χ1v) is 11.5. The van der Waals surface area contributed by atoms with Crippen LogP contribution in [0.1, 0.15) is 10.4 Å². The summed E-state index contributed by atoms with van der Waals surface area (Å²) in [6.07, 6.45) is 0. The van der Waals surface area contributed by atoms with E-state index in [0.717, 1.165) is 26.7 Å². The highest BCUT2D eigenvalue weighted by Crippen LogP contribution is 2.28. The maximum atomic E-state index is 13.0. The van der Waals surface area contributed by atoms with Gasteiger partial charge in [-0.1, -0.05) is 59.9 Å². The van der Waals surface area contributed by atoms with E-state index in [1.54, 1.807) is 31.4 Å². The zero-order valence-electron chi connectivity index (χ0n) is 18.1. The number of hydrogen-bond donors (Lipinski definition) is 0. The predicted molar refractivity (Wildman–Crippen MR) is 132 cm³/mol. The number of carbonyl (C=O) groups excluding carboxylic acids is 1. The van der Waals surface area contributed by atoms with Gasteiger partial charge >= 0.3 is 0 Å². The minimum absolute atomic E-state index is 0.289. The van der Waals surface area contributed by atoms with Gasteiger partial charge in [0.05, 0.1) is 16.8 Å². The van der Waals surface area contributed by atoms with Crippen molar-refractivity contribution < 1.29 is 14.3 Å². The number of thiazole rings is 1. The van der Waals surface area contributed by atoms with Crippen molar-refractivity contribution in [3.8, 4) is 11.5 Å². The highest BCUT2D eigenvalue weighted by molar-refractivity contribution is 7.17. The Hall–Kier alpha value is -3.74. The summed E-state index contributed by atoms with van der Waals surface area (Å²) in [6, 6.07) is 29.0. The Bertz CT molecular complexity index is 1490. The lowest BCUT2D eigenvalue weighted by atomic mass is 10.1. The Morgan fingerprint density at radius 2 is 1.61 bits per heavy atom. The molecule has 0 fully saturated rings. The third-order valence-corrected chi connectivity index (χ3v) is 6.50. The molecule has 164 valence electrons. The van der Waals surface area contributed by atoms with Gasteiger partial charge in [0.2, 0.25) is 0 Å². The summed E-state index contributed by atoms with van der Waals surface area (Å²) in [5.74, 6) is 1.13. The van der Waals surface area contributed by atoms with Crippen LogP contribution in [0.15, 0.2) is 96.0 Å². The molecule has 0 aliphatic carbocycles. The van der Waals surface area contributed by atoms with E-state index >= 15 is 0 Å². The summed E-state index contributed by atoms with van der Waals surface area (Å²) in [4.78, 5) is 18.2. The lowest BCUT2D eigenvalue weighted by Gasteiger charge is -2.06. The van der Waals surface area contributed by atoms with Crippen molar-refractivity contribution in [2.75, 3.05) is 13.7 Å². The van der Waals surface area contributed by atoms with Crippen LogP contribution in [-0.4, -0.2) is 24.2 Å². The zero-order valence-corrected chi connectivity index (χ0v) is 18.9. The molecule has 0 N–H and O–H groups in total. The van der Waals surface area contributed by atoms with Gasteiger partial charge in [-0.05, 0) is 47.9 Å². The molecule has 0 bridgehead atoms. The summed E-state index contributed by atoms with van der Waals surface area (Å²) < 4.78 is 14.3. The number of nitrogens with zero attached hydrogens (tertiary/aromatic N) is 2. The fourth-order valence-corrected chi connectivity index (χ4v) is 4.91. The van der Waals surface area contributed by atoms with Crippen LogP contribution >= 0.6 is 11.3 Å². The van der Waals surface area contributed by atoms with Gasteiger partial charge in [-0.2, -0.15) is 4.99 Å². The lowest BCUT2D eigenvalue weighted by Crippen LogP contribution is -2.19. The number of hydrogen-bond acceptors (Lipinski definition) is 4. The van der Waals surface area contributed by atoms with Crippen molar-refractivity contribution in [3.05, 3.63) is 101 Å². The molecule has 1 heterocycles. The number of amides is 1. The van der Waals surface area contributed by atoms with E-state index in [1.807, 2.05) is 42.5 Å². The van der Waals surface area contributed by atoms with Crippen molar-refractivity contribution in [1.29, 1.82) is 0 Å². The Balaban J connectivity index is 1.51. The minimum Gasteiger partial charge on any atom is -0.457 e. The number of benzene rings is 4. The van der Waals surface area contributed by atoms with Gasteiger partial charge in [-0.3, -0.25) is 4.79 Å². The molecule has 4 aromatic carbocycles. The second kappa shape index (κ2) is 9.40. The highest BCUT2D eigenvalue weighted by Gasteiger charge is 2.12. The van der Waals surface area contributed by atoms with Crippen molar-refractivity contribution in [2.45, 2.75) is 6.54 Å². The van der Waals surface area contributed by atoms with Gasteiger partial charge in [0.1, 0.15) is 11.5 Å². The monoisotopic (exact) mass is 454 g/mol. The molecule has 0 radical (unpaired) electrons. The van der Waals surface area contributed by atoms with Crippen LogP contribution in [0.2, 0.25) is 0 Å². The van der Waals surface area contributed by atoms with Gasteiger partial charge < -0.3 is 14.0 Å². The molecule has 33 heavy (non-hydrogen) atoms. The van der Waals surface area contributed by atoms with Crippen LogP contribution in [0.4, 0.5) is 0 Å². The third-order valence-electron chi connectivity index (χ3n) is 5.37. The lowest BCUT2D eigenvalue weighted by molar-refractivity contribution is 0.0997. The van der Waals surface area contributed by atoms with Gasteiger partial charge in [0.15, 0.2) is 4.80 Å². The van der Waals surface area contributed by atoms with Crippen LogP contribution in [0, 0.1) is 0 Å². The zero-order chi connectivity index (χ0) is 22.6. The number of rotatable bonds is 6. The van der Waals surface area contributed by atoms with E-state index in [2.05, 4.69) is 33.8 Å². The largest absolute Gasteiger partial charge is 0.457 e. The average Bonchev–Trinajstić information content (AvgIpc) is 3.21. The third kappa shape index (κ3) is 4.44. The van der Waals surface area contributed by atoms with Crippen molar-refractivity contribution in [2.24, 2.45) is 4.99 Å². The van der Waals surface area contributed by atoms with E-state index < -0.39 is 0 Å². The average molecular weight is 455 g/mol. The standard InChI is InChI=1S/C27H22N2O3S/c1-31-18-17-29-24-16-13-19-7-5-6-10-23(19)25(24)33-27(29)28-26(30)20-11-14-22(15-12-20)32-21-8-3-2-4-9-21/h2-16H,17-18H2,1H3. The van der Waals surface area contributed by atoms with E-state index in [0.29, 0.717) is 29.3 Å². The molecule has 0 aliphatic rings. The second-order valence-electron chi connectivity index (χ2n) is 7.52. The van der Waals surface area contributed by atoms with Crippen molar-refractivity contribution in [3.63, 3.8) is 0 Å². The predicted octanol–water partition coefficient (Wildman–Crippen LogP) is 6.04. The molecule has 0 spiro atoms. The minimum atomic E-state index is -0.289. The molecular weight excluding hydrogens is 432 g/mol. The first-order valence-electron chi connectivity index (χ1n) is 10.6. The number of aromatic nitrogens is 1. The van der Waals surface area contributed by atoms with Gasteiger partial charge in [0.25, 0.3) is 5.91 Å². The number of methoxy groups -OCH3 is 1. The van der Waals surface area contributed by atoms with E-state index in [9.17, 15) is 4.79 Å². The first-order chi connectivity index (χ1) is 16.2. The maximum Gasteiger partial charge on any atom is 0.279 e. The fraction of sp³-hybridized carbons (Fsp3) is 0.111. The van der Waals surface area contributed by atoms with Crippen LogP contribution in [-0.2, 0) is 11.3 Å². The van der Waals surface area contributed by atoms with E-state index in [-0.39, 0.29) is 5.91 Å². The van der Waals surface area contributed by atoms with Gasteiger partial charge in [-0.15, -0.1) is 0 Å². The van der Waals surface area contributed by atoms with Crippen LogP contribution in [0.5, 0.6) is 11.5 Å². The van der Waals surface area contributed by atoms with Crippen LogP contribution in [0.3, 0.4) is 0 Å². The topological polar surface area (TPSA) is 52.8 Å². The molecule has 5 nitrogen and oxygen atoms in total. The quantitative estimate of drug-likeness (QED) is 0.314. The summed E-state index contributed by atoms with van der Waals surface area (Å²) in [6.45, 7) is 1.15. The summed E-state index contributed by atoms with van der Waals surface area (Å²) in [7, 11) is 1.67. The molecule has 0 saturated carbocycles. The number of fused-ring (bicyclic) bond motifs is 3. The van der Waals surface area contributed by atoms with Crippen molar-refractivity contribution >= 4 is 38.2 Å². The Kier molecular flexibility index (Phi) is 6.02. The summed E-state index contributed by atoms with van der Waals surface area (Å²) in [5.41, 5.74) is 1.56. The van der Waals surface area contributed by atoms with Gasteiger partial charge in [-0.25, -0.2) is 0 Å². The molecule has 1 aromatic heterocycles. The molecule has 1 amide bonds. The summed E-state index contributed by atoms with van der Waals surface area (Å²) in [5, 5.41) is 2.32. The summed E-state index contributed by atoms with van der Waals surface area (Å²) >= 11 is 1.53. The molecule has 5 aromatic rings. The number of ether oxygens (including phenoxy) is 2. The smallest absolute Gasteiger partial charge is 0.279 e. The Morgan fingerprint density at radius 1 is 0.879 bits per heavy atom. The normalized spacial score (nSPS) is 11.8. The number of carbonyl (C=O) groups is 1. The Morgan fingerprint density at radius 3 is 2.39 bits per heavy atom. The molecule has 0 aliphatic heterocycles. The molecule has 0 unspecified atom stereocenters. The second-order valence-corrected chi connectivity index (χ2v) is 8.50.